The van der Waals surface area contributed by atoms with Gasteiger partial charge in [0, 0.05) is 24.5 Å². The Balaban J connectivity index is 1.77. The molecule has 0 aliphatic heterocycles. The second-order valence-corrected chi connectivity index (χ2v) is 8.92. The van der Waals surface area contributed by atoms with Gasteiger partial charge >= 0.3 is 0 Å². The molecule has 6 nitrogen and oxygen atoms in total. The van der Waals surface area contributed by atoms with Crippen molar-refractivity contribution in [1.29, 1.82) is 0 Å². The SMILES string of the molecule is Cc1ccc(S(=O)(=O)c2nc(-c3cccc(C)c3)oc2NCc2cccnc2)cc1. The number of sulfone groups is 1. The van der Waals surface area contributed by atoms with E-state index in [1.807, 2.05) is 50.2 Å². The van der Waals surface area contributed by atoms with Crippen LogP contribution in [0.3, 0.4) is 0 Å². The fourth-order valence-corrected chi connectivity index (χ4v) is 4.29. The molecule has 2 aromatic carbocycles. The summed E-state index contributed by atoms with van der Waals surface area (Å²) in [7, 11) is -3.87. The number of hydrogen-bond donors (Lipinski definition) is 1. The molecule has 0 radical (unpaired) electrons. The lowest BCUT2D eigenvalue weighted by molar-refractivity contribution is 0.576. The van der Waals surface area contributed by atoms with Gasteiger partial charge in [-0.3, -0.25) is 4.98 Å². The van der Waals surface area contributed by atoms with Gasteiger partial charge in [-0.25, -0.2) is 8.42 Å². The lowest BCUT2D eigenvalue weighted by atomic mass is 10.1. The highest BCUT2D eigenvalue weighted by Crippen LogP contribution is 2.33. The zero-order valence-corrected chi connectivity index (χ0v) is 17.5. The van der Waals surface area contributed by atoms with Crippen molar-refractivity contribution in [3.63, 3.8) is 0 Å². The summed E-state index contributed by atoms with van der Waals surface area (Å²) in [5, 5.41) is 2.94. The molecule has 0 aliphatic carbocycles. The molecule has 0 spiro atoms. The molecule has 152 valence electrons. The summed E-state index contributed by atoms with van der Waals surface area (Å²) in [6.07, 6.45) is 3.39. The molecule has 2 heterocycles. The highest BCUT2D eigenvalue weighted by molar-refractivity contribution is 7.91. The third-order valence-electron chi connectivity index (χ3n) is 4.62. The zero-order chi connectivity index (χ0) is 21.1. The molecular formula is C23H21N3O3S. The molecule has 0 unspecified atom stereocenters. The number of benzene rings is 2. The van der Waals surface area contributed by atoms with Crippen molar-refractivity contribution >= 4 is 15.7 Å². The molecule has 30 heavy (non-hydrogen) atoms. The number of nitrogens with zero attached hydrogens (tertiary/aromatic N) is 2. The molecule has 0 saturated heterocycles. The van der Waals surface area contributed by atoms with Crippen molar-refractivity contribution in [2.24, 2.45) is 0 Å². The fourth-order valence-electron chi connectivity index (χ4n) is 3.02. The van der Waals surface area contributed by atoms with Crippen LogP contribution in [0, 0.1) is 13.8 Å². The minimum atomic E-state index is -3.87. The van der Waals surface area contributed by atoms with E-state index in [0.29, 0.717) is 12.1 Å². The Morgan fingerprint density at radius 3 is 2.47 bits per heavy atom. The van der Waals surface area contributed by atoms with Gasteiger partial charge in [0.1, 0.15) is 0 Å². The minimum absolute atomic E-state index is 0.107. The van der Waals surface area contributed by atoms with E-state index in [2.05, 4.69) is 15.3 Å². The quantitative estimate of drug-likeness (QED) is 0.483. The number of pyridine rings is 1. The Morgan fingerprint density at radius 1 is 0.967 bits per heavy atom. The topological polar surface area (TPSA) is 85.1 Å². The average Bonchev–Trinajstić information content (AvgIpc) is 3.19. The van der Waals surface area contributed by atoms with Gasteiger partial charge < -0.3 is 9.73 Å². The first-order valence-electron chi connectivity index (χ1n) is 9.46. The molecule has 1 N–H and O–H groups in total. The maximum atomic E-state index is 13.3. The molecule has 4 rings (SSSR count). The molecule has 2 aromatic heterocycles. The van der Waals surface area contributed by atoms with Crippen LogP contribution in [0.4, 0.5) is 5.88 Å². The molecular weight excluding hydrogens is 398 g/mol. The first kappa shape index (κ1) is 19.8. The van der Waals surface area contributed by atoms with E-state index in [1.54, 1.807) is 36.7 Å². The number of rotatable bonds is 6. The maximum absolute atomic E-state index is 13.3. The summed E-state index contributed by atoms with van der Waals surface area (Å²) < 4.78 is 32.5. The van der Waals surface area contributed by atoms with Crippen molar-refractivity contribution in [3.8, 4) is 11.5 Å². The van der Waals surface area contributed by atoms with Crippen LogP contribution >= 0.6 is 0 Å². The number of oxazole rings is 1. The molecule has 0 fully saturated rings. The first-order chi connectivity index (χ1) is 14.4. The standard InChI is InChI=1S/C23H21N3O3S/c1-16-8-10-20(11-9-16)30(27,28)23-22(25-15-18-6-4-12-24-14-18)29-21(26-23)19-7-3-5-17(2)13-19/h3-14,25H,15H2,1-2H3. The zero-order valence-electron chi connectivity index (χ0n) is 16.7. The van der Waals surface area contributed by atoms with Gasteiger partial charge in [-0.1, -0.05) is 41.5 Å². The van der Waals surface area contributed by atoms with Crippen LogP contribution in [0.25, 0.3) is 11.5 Å². The third kappa shape index (κ3) is 4.11. The van der Waals surface area contributed by atoms with E-state index in [1.165, 1.54) is 0 Å². The number of hydrogen-bond acceptors (Lipinski definition) is 6. The summed E-state index contributed by atoms with van der Waals surface area (Å²) in [5.74, 6) is 0.356. The molecule has 7 heteroatoms. The van der Waals surface area contributed by atoms with Crippen LogP contribution in [0.5, 0.6) is 0 Å². The molecule has 0 atom stereocenters. The predicted octanol–water partition coefficient (Wildman–Crippen LogP) is 4.80. The summed E-state index contributed by atoms with van der Waals surface area (Å²) >= 11 is 0. The largest absolute Gasteiger partial charge is 0.419 e. The molecule has 0 bridgehead atoms. The van der Waals surface area contributed by atoms with E-state index in [9.17, 15) is 8.42 Å². The third-order valence-corrected chi connectivity index (χ3v) is 6.30. The van der Waals surface area contributed by atoms with Crippen LogP contribution in [-0.2, 0) is 16.4 Å². The van der Waals surface area contributed by atoms with Crippen molar-refractivity contribution in [1.82, 2.24) is 9.97 Å². The number of nitrogens with one attached hydrogen (secondary N) is 1. The fraction of sp³-hybridized carbons (Fsp3) is 0.130. The van der Waals surface area contributed by atoms with Gasteiger partial charge in [0.15, 0.2) is 0 Å². The second kappa shape index (κ2) is 8.12. The van der Waals surface area contributed by atoms with Crippen LogP contribution < -0.4 is 5.32 Å². The van der Waals surface area contributed by atoms with Crippen molar-refractivity contribution in [2.45, 2.75) is 30.3 Å². The monoisotopic (exact) mass is 419 g/mol. The summed E-state index contributed by atoms with van der Waals surface area (Å²) in [5.41, 5.74) is 3.61. The van der Waals surface area contributed by atoms with E-state index in [0.717, 1.165) is 16.7 Å². The maximum Gasteiger partial charge on any atom is 0.234 e. The average molecular weight is 420 g/mol. The van der Waals surface area contributed by atoms with Gasteiger partial charge in [0.2, 0.25) is 26.6 Å². The van der Waals surface area contributed by atoms with E-state index in [-0.39, 0.29) is 21.7 Å². The molecule has 0 saturated carbocycles. The van der Waals surface area contributed by atoms with Crippen molar-refractivity contribution in [2.75, 3.05) is 5.32 Å². The van der Waals surface area contributed by atoms with Crippen molar-refractivity contribution < 1.29 is 12.8 Å². The normalized spacial score (nSPS) is 11.4. The van der Waals surface area contributed by atoms with Gasteiger partial charge in [-0.05, 0) is 49.7 Å². The summed E-state index contributed by atoms with van der Waals surface area (Å²) in [6, 6.07) is 18.0. The van der Waals surface area contributed by atoms with E-state index in [4.69, 9.17) is 4.42 Å². The Hall–Kier alpha value is -3.45. The van der Waals surface area contributed by atoms with E-state index < -0.39 is 9.84 Å². The van der Waals surface area contributed by atoms with E-state index >= 15 is 0 Å². The summed E-state index contributed by atoms with van der Waals surface area (Å²) in [4.78, 5) is 8.62. The Morgan fingerprint density at radius 2 is 1.77 bits per heavy atom. The Bertz CT molecular complexity index is 1260. The van der Waals surface area contributed by atoms with Crippen LogP contribution in [0.15, 0.2) is 87.4 Å². The van der Waals surface area contributed by atoms with Crippen LogP contribution in [-0.4, -0.2) is 18.4 Å². The molecule has 4 aromatic rings. The van der Waals surface area contributed by atoms with Gasteiger partial charge in [-0.2, -0.15) is 4.98 Å². The highest BCUT2D eigenvalue weighted by Gasteiger charge is 2.28. The number of anilines is 1. The smallest absolute Gasteiger partial charge is 0.234 e. The van der Waals surface area contributed by atoms with Crippen molar-refractivity contribution in [3.05, 3.63) is 89.7 Å². The number of aromatic nitrogens is 2. The van der Waals surface area contributed by atoms with Gasteiger partial charge in [-0.15, -0.1) is 0 Å². The van der Waals surface area contributed by atoms with Crippen LogP contribution in [0.1, 0.15) is 16.7 Å². The molecule has 0 aliphatic rings. The second-order valence-electron chi connectivity index (χ2n) is 7.05. The Labute approximate surface area is 175 Å². The van der Waals surface area contributed by atoms with Gasteiger partial charge in [0.05, 0.1) is 4.90 Å². The lowest BCUT2D eigenvalue weighted by Gasteiger charge is -2.06. The lowest BCUT2D eigenvalue weighted by Crippen LogP contribution is -2.07. The number of aryl methyl sites for hydroxylation is 2. The summed E-state index contributed by atoms with van der Waals surface area (Å²) in [6.45, 7) is 4.22. The molecule has 0 amide bonds. The van der Waals surface area contributed by atoms with Crippen LogP contribution in [0.2, 0.25) is 0 Å². The highest BCUT2D eigenvalue weighted by atomic mass is 32.2. The first-order valence-corrected chi connectivity index (χ1v) is 10.9. The minimum Gasteiger partial charge on any atom is -0.419 e. The Kier molecular flexibility index (Phi) is 5.37. The predicted molar refractivity (Wildman–Crippen MR) is 115 cm³/mol. The van der Waals surface area contributed by atoms with Gasteiger partial charge in [0.25, 0.3) is 0 Å².